The molecule has 0 aliphatic carbocycles. The van der Waals surface area contributed by atoms with Crippen LogP contribution in [0.2, 0.25) is 0 Å². The number of nitriles is 1. The van der Waals surface area contributed by atoms with Crippen molar-refractivity contribution in [1.82, 2.24) is 10.2 Å². The maximum absolute atomic E-state index is 11.5. The summed E-state index contributed by atoms with van der Waals surface area (Å²) in [5.41, 5.74) is 0.584. The Labute approximate surface area is 119 Å². The fraction of sp³-hybridized carbons (Fsp3) is 0.250. The van der Waals surface area contributed by atoms with E-state index >= 15 is 0 Å². The SMILES string of the molecule is N#CCNC(=O)N(CCc1ccc([N+](=O)[O-])cc1)C(=O)O. The van der Waals surface area contributed by atoms with E-state index < -0.39 is 17.0 Å². The largest absolute Gasteiger partial charge is 0.465 e. The number of carbonyl (C=O) groups excluding carboxylic acids is 1. The van der Waals surface area contributed by atoms with Gasteiger partial charge in [-0.2, -0.15) is 5.26 Å². The molecule has 9 heteroatoms. The first-order valence-electron chi connectivity index (χ1n) is 5.84. The molecule has 21 heavy (non-hydrogen) atoms. The summed E-state index contributed by atoms with van der Waals surface area (Å²) in [7, 11) is 0. The monoisotopic (exact) mass is 292 g/mol. The summed E-state index contributed by atoms with van der Waals surface area (Å²) >= 11 is 0. The lowest BCUT2D eigenvalue weighted by Crippen LogP contribution is -2.44. The lowest BCUT2D eigenvalue weighted by atomic mass is 10.1. The third-order valence-corrected chi connectivity index (χ3v) is 2.57. The molecule has 9 nitrogen and oxygen atoms in total. The highest BCUT2D eigenvalue weighted by atomic mass is 16.6. The van der Waals surface area contributed by atoms with Gasteiger partial charge in [-0.05, 0) is 12.0 Å². The molecular weight excluding hydrogens is 280 g/mol. The molecule has 1 aromatic carbocycles. The lowest BCUT2D eigenvalue weighted by Gasteiger charge is -2.16. The Morgan fingerprint density at radius 2 is 2.00 bits per heavy atom. The Hall–Kier alpha value is -3.15. The van der Waals surface area contributed by atoms with Gasteiger partial charge in [0.25, 0.3) is 5.69 Å². The van der Waals surface area contributed by atoms with Gasteiger partial charge in [-0.3, -0.25) is 10.1 Å². The van der Waals surface area contributed by atoms with Crippen LogP contribution in [0.15, 0.2) is 24.3 Å². The Morgan fingerprint density at radius 3 is 2.48 bits per heavy atom. The number of nitro groups is 1. The smallest absolute Gasteiger partial charge is 0.415 e. The molecule has 3 amide bonds. The van der Waals surface area contributed by atoms with Crippen LogP contribution in [-0.2, 0) is 6.42 Å². The number of benzene rings is 1. The molecule has 0 spiro atoms. The fourth-order valence-electron chi connectivity index (χ4n) is 1.52. The third kappa shape index (κ3) is 4.79. The number of hydrogen-bond acceptors (Lipinski definition) is 5. The molecule has 0 heterocycles. The summed E-state index contributed by atoms with van der Waals surface area (Å²) in [6.45, 7) is -0.412. The topological polar surface area (TPSA) is 137 Å². The van der Waals surface area contributed by atoms with Gasteiger partial charge in [0.1, 0.15) is 6.54 Å². The molecule has 0 radical (unpaired) electrons. The summed E-state index contributed by atoms with van der Waals surface area (Å²) < 4.78 is 0. The van der Waals surface area contributed by atoms with Crippen molar-refractivity contribution in [1.29, 1.82) is 5.26 Å². The first kappa shape index (κ1) is 15.9. The normalized spacial score (nSPS) is 9.48. The number of carboxylic acid groups (broad SMARTS) is 1. The molecule has 0 bridgehead atoms. The molecule has 0 aromatic heterocycles. The third-order valence-electron chi connectivity index (χ3n) is 2.57. The molecule has 0 aliphatic heterocycles. The number of nitrogens with zero attached hydrogens (tertiary/aromatic N) is 3. The van der Waals surface area contributed by atoms with Gasteiger partial charge in [-0.25, -0.2) is 14.5 Å². The zero-order valence-electron chi connectivity index (χ0n) is 10.9. The Balaban J connectivity index is 2.65. The van der Waals surface area contributed by atoms with E-state index in [1.165, 1.54) is 24.3 Å². The van der Waals surface area contributed by atoms with Crippen LogP contribution in [0.25, 0.3) is 0 Å². The highest BCUT2D eigenvalue weighted by molar-refractivity contribution is 5.90. The van der Waals surface area contributed by atoms with E-state index in [4.69, 9.17) is 10.4 Å². The van der Waals surface area contributed by atoms with Crippen LogP contribution in [0.4, 0.5) is 15.3 Å². The number of rotatable bonds is 5. The molecule has 110 valence electrons. The van der Waals surface area contributed by atoms with Crippen LogP contribution in [0.1, 0.15) is 5.56 Å². The summed E-state index contributed by atoms with van der Waals surface area (Å²) in [6.07, 6.45) is -1.23. The highest BCUT2D eigenvalue weighted by Crippen LogP contribution is 2.12. The number of amides is 3. The van der Waals surface area contributed by atoms with Gasteiger partial charge >= 0.3 is 12.1 Å². The zero-order valence-corrected chi connectivity index (χ0v) is 10.9. The summed E-state index contributed by atoms with van der Waals surface area (Å²) in [4.78, 5) is 33.0. The second-order valence-corrected chi connectivity index (χ2v) is 3.92. The quantitative estimate of drug-likeness (QED) is 0.477. The van der Waals surface area contributed by atoms with E-state index in [1.54, 1.807) is 6.07 Å². The molecule has 0 saturated heterocycles. The number of urea groups is 1. The van der Waals surface area contributed by atoms with Crippen LogP contribution < -0.4 is 5.32 Å². The van der Waals surface area contributed by atoms with Crippen LogP contribution in [0.5, 0.6) is 0 Å². The number of hydrogen-bond donors (Lipinski definition) is 2. The number of nitro benzene ring substituents is 1. The summed E-state index contributed by atoms with van der Waals surface area (Å²) in [5, 5.41) is 29.9. The lowest BCUT2D eigenvalue weighted by molar-refractivity contribution is -0.384. The van der Waals surface area contributed by atoms with Crippen LogP contribution >= 0.6 is 0 Å². The van der Waals surface area contributed by atoms with Gasteiger partial charge in [0.15, 0.2) is 0 Å². The molecule has 0 fully saturated rings. The van der Waals surface area contributed by atoms with E-state index in [2.05, 4.69) is 5.32 Å². The van der Waals surface area contributed by atoms with Crippen molar-refractivity contribution < 1.29 is 19.6 Å². The Bertz CT molecular complexity index is 578. The second kappa shape index (κ2) is 7.44. The van der Waals surface area contributed by atoms with Gasteiger partial charge in [0.05, 0.1) is 11.0 Å². The van der Waals surface area contributed by atoms with Crippen LogP contribution in [0.3, 0.4) is 0 Å². The number of nitrogens with one attached hydrogen (secondary N) is 1. The first-order valence-corrected chi connectivity index (χ1v) is 5.84. The second-order valence-electron chi connectivity index (χ2n) is 3.92. The molecule has 0 unspecified atom stereocenters. The minimum Gasteiger partial charge on any atom is -0.465 e. The molecule has 0 aliphatic rings. The Kier molecular flexibility index (Phi) is 5.64. The van der Waals surface area contributed by atoms with Gasteiger partial charge in [-0.1, -0.05) is 12.1 Å². The molecule has 0 saturated carbocycles. The van der Waals surface area contributed by atoms with E-state index in [0.717, 1.165) is 0 Å². The van der Waals surface area contributed by atoms with Crippen molar-refractivity contribution in [2.24, 2.45) is 0 Å². The molecule has 2 N–H and O–H groups in total. The molecular formula is C12H12N4O5. The zero-order chi connectivity index (χ0) is 15.8. The average molecular weight is 292 g/mol. The van der Waals surface area contributed by atoms with Gasteiger partial charge in [0.2, 0.25) is 0 Å². The van der Waals surface area contributed by atoms with E-state index in [1.807, 2.05) is 0 Å². The van der Waals surface area contributed by atoms with Crippen molar-refractivity contribution >= 4 is 17.8 Å². The predicted molar refractivity (Wildman–Crippen MR) is 70.5 cm³/mol. The minimum atomic E-state index is -1.44. The number of non-ortho nitro benzene ring substituents is 1. The van der Waals surface area contributed by atoms with Crippen molar-refractivity contribution in [3.05, 3.63) is 39.9 Å². The maximum atomic E-state index is 11.5. The highest BCUT2D eigenvalue weighted by Gasteiger charge is 2.19. The first-order chi connectivity index (χ1) is 9.95. The number of imide groups is 1. The fourth-order valence-corrected chi connectivity index (χ4v) is 1.52. The van der Waals surface area contributed by atoms with Crippen molar-refractivity contribution in [2.45, 2.75) is 6.42 Å². The van der Waals surface area contributed by atoms with E-state index in [-0.39, 0.29) is 25.2 Å². The van der Waals surface area contributed by atoms with Crippen molar-refractivity contribution in [3.8, 4) is 6.07 Å². The van der Waals surface area contributed by atoms with Gasteiger partial charge < -0.3 is 10.4 Å². The predicted octanol–water partition coefficient (Wildman–Crippen LogP) is 1.35. The molecule has 1 rings (SSSR count). The van der Waals surface area contributed by atoms with Gasteiger partial charge in [-0.15, -0.1) is 0 Å². The summed E-state index contributed by atoms with van der Waals surface area (Å²) in [5.74, 6) is 0. The number of carbonyl (C=O) groups is 2. The van der Waals surface area contributed by atoms with Crippen LogP contribution in [-0.4, -0.2) is 40.1 Å². The summed E-state index contributed by atoms with van der Waals surface area (Å²) in [6, 6.07) is 6.37. The van der Waals surface area contributed by atoms with E-state index in [0.29, 0.717) is 10.5 Å². The van der Waals surface area contributed by atoms with E-state index in [9.17, 15) is 19.7 Å². The Morgan fingerprint density at radius 1 is 1.38 bits per heavy atom. The average Bonchev–Trinajstić information content (AvgIpc) is 2.45. The standard InChI is InChI=1S/C12H12N4O5/c13-6-7-14-11(17)15(12(18)19)8-5-9-1-3-10(4-2-9)16(20)21/h1-4H,5,7-8H2,(H,14,17)(H,18,19). The van der Waals surface area contributed by atoms with Gasteiger partial charge in [0, 0.05) is 18.7 Å². The van der Waals surface area contributed by atoms with Crippen molar-refractivity contribution in [2.75, 3.05) is 13.1 Å². The van der Waals surface area contributed by atoms with Crippen molar-refractivity contribution in [3.63, 3.8) is 0 Å². The molecule has 0 atom stereocenters. The van der Waals surface area contributed by atoms with Crippen LogP contribution in [0, 0.1) is 21.4 Å². The minimum absolute atomic E-state index is 0.0689. The maximum Gasteiger partial charge on any atom is 0.415 e. The molecule has 1 aromatic rings.